The Morgan fingerprint density at radius 2 is 2.00 bits per heavy atom. The number of amidine groups is 1. The van der Waals surface area contributed by atoms with Crippen LogP contribution in [-0.4, -0.2) is 35.6 Å². The molecule has 0 bridgehead atoms. The molecule has 0 amide bonds. The largest absolute Gasteiger partial charge is 0.409 e. The Morgan fingerprint density at radius 3 is 2.35 bits per heavy atom. The normalized spacial score (nSPS) is 21.6. The number of nitrogens with two attached hydrogens (primary N) is 1. The van der Waals surface area contributed by atoms with Crippen molar-refractivity contribution < 1.29 is 5.21 Å². The summed E-state index contributed by atoms with van der Waals surface area (Å²) in [5.41, 5.74) is 6.15. The number of oxime groups is 1. The molecule has 0 radical (unpaired) electrons. The molecular weight excluding hydrogens is 214 g/mol. The molecule has 1 fully saturated rings. The van der Waals surface area contributed by atoms with E-state index in [2.05, 4.69) is 44.8 Å². The molecule has 1 atom stereocenters. The van der Waals surface area contributed by atoms with Crippen molar-refractivity contribution in [2.45, 2.75) is 53.0 Å². The molecule has 0 heterocycles. The first-order valence-electron chi connectivity index (χ1n) is 6.37. The van der Waals surface area contributed by atoms with Crippen molar-refractivity contribution in [3.8, 4) is 0 Å². The summed E-state index contributed by atoms with van der Waals surface area (Å²) in [6.07, 6.45) is 3.08. The third-order valence-electron chi connectivity index (χ3n) is 4.14. The lowest BCUT2D eigenvalue weighted by Gasteiger charge is -2.37. The minimum Gasteiger partial charge on any atom is -0.409 e. The summed E-state index contributed by atoms with van der Waals surface area (Å²) in [7, 11) is 2.17. The van der Waals surface area contributed by atoms with Gasteiger partial charge in [-0.3, -0.25) is 0 Å². The molecule has 1 rings (SSSR count). The first kappa shape index (κ1) is 14.3. The van der Waals surface area contributed by atoms with Gasteiger partial charge >= 0.3 is 0 Å². The van der Waals surface area contributed by atoms with Crippen LogP contribution in [0, 0.1) is 10.8 Å². The van der Waals surface area contributed by atoms with E-state index in [0.717, 1.165) is 6.54 Å². The van der Waals surface area contributed by atoms with Crippen LogP contribution in [0.3, 0.4) is 0 Å². The average molecular weight is 241 g/mol. The maximum atomic E-state index is 8.65. The Hall–Kier alpha value is -0.770. The van der Waals surface area contributed by atoms with Crippen LogP contribution in [0.1, 0.15) is 47.0 Å². The number of rotatable bonds is 5. The Bertz CT molecular complexity index is 290. The summed E-state index contributed by atoms with van der Waals surface area (Å²) < 4.78 is 0. The average Bonchev–Trinajstić information content (AvgIpc) is 2.94. The van der Waals surface area contributed by atoms with Crippen LogP contribution in [0.4, 0.5) is 0 Å². The fourth-order valence-corrected chi connectivity index (χ4v) is 2.31. The summed E-state index contributed by atoms with van der Waals surface area (Å²) in [5.74, 6) is 0.360. The van der Waals surface area contributed by atoms with Gasteiger partial charge in [0.2, 0.25) is 0 Å². The van der Waals surface area contributed by atoms with Gasteiger partial charge in [-0.1, -0.05) is 25.9 Å². The zero-order chi connectivity index (χ0) is 13.3. The molecule has 0 spiro atoms. The molecule has 1 unspecified atom stereocenters. The van der Waals surface area contributed by atoms with Gasteiger partial charge in [-0.15, -0.1) is 0 Å². The van der Waals surface area contributed by atoms with Gasteiger partial charge in [0.1, 0.15) is 5.84 Å². The van der Waals surface area contributed by atoms with Gasteiger partial charge in [-0.25, -0.2) is 0 Å². The quantitative estimate of drug-likeness (QED) is 0.336. The second-order valence-corrected chi connectivity index (χ2v) is 6.73. The second kappa shape index (κ2) is 4.84. The minimum absolute atomic E-state index is 0.255. The predicted octanol–water partition coefficient (Wildman–Crippen LogP) is 2.27. The van der Waals surface area contributed by atoms with Crippen LogP contribution in [0.25, 0.3) is 0 Å². The van der Waals surface area contributed by atoms with Crippen LogP contribution in [-0.2, 0) is 0 Å². The standard InChI is InChI=1S/C13H27N3O/c1-10(12(2,3)4)16(5)9-13(6-7-13)8-11(14)15-17/h10,17H,6-9H2,1-5H3,(H2,14,15). The maximum Gasteiger partial charge on any atom is 0.139 e. The Morgan fingerprint density at radius 1 is 1.47 bits per heavy atom. The SMILES string of the molecule is CC(N(C)CC1(CC(N)=NO)CC1)C(C)(C)C. The fraction of sp³-hybridized carbons (Fsp3) is 0.923. The van der Waals surface area contributed by atoms with E-state index < -0.39 is 0 Å². The van der Waals surface area contributed by atoms with Crippen LogP contribution in [0.2, 0.25) is 0 Å². The highest BCUT2D eigenvalue weighted by atomic mass is 16.4. The summed E-state index contributed by atoms with van der Waals surface area (Å²) in [5, 5.41) is 11.7. The molecule has 17 heavy (non-hydrogen) atoms. The third-order valence-corrected chi connectivity index (χ3v) is 4.14. The highest BCUT2D eigenvalue weighted by Gasteiger charge is 2.45. The molecule has 0 saturated heterocycles. The van der Waals surface area contributed by atoms with Gasteiger partial charge in [0, 0.05) is 19.0 Å². The number of hydrogen-bond acceptors (Lipinski definition) is 3. The number of hydrogen-bond donors (Lipinski definition) is 2. The maximum absolute atomic E-state index is 8.65. The summed E-state index contributed by atoms with van der Waals surface area (Å²) in [6, 6.07) is 0.521. The van der Waals surface area contributed by atoms with E-state index >= 15 is 0 Å². The van der Waals surface area contributed by atoms with Crippen LogP contribution in [0.5, 0.6) is 0 Å². The first-order chi connectivity index (χ1) is 7.70. The van der Waals surface area contributed by atoms with Gasteiger partial charge < -0.3 is 15.8 Å². The van der Waals surface area contributed by atoms with E-state index in [4.69, 9.17) is 10.9 Å². The smallest absolute Gasteiger partial charge is 0.139 e. The van der Waals surface area contributed by atoms with E-state index in [1.807, 2.05) is 0 Å². The van der Waals surface area contributed by atoms with Crippen LogP contribution in [0.15, 0.2) is 5.16 Å². The first-order valence-corrected chi connectivity index (χ1v) is 6.37. The topological polar surface area (TPSA) is 61.8 Å². The Labute approximate surface area is 105 Å². The fourth-order valence-electron chi connectivity index (χ4n) is 2.31. The van der Waals surface area contributed by atoms with Crippen molar-refractivity contribution in [2.75, 3.05) is 13.6 Å². The molecular formula is C13H27N3O. The zero-order valence-corrected chi connectivity index (χ0v) is 11.8. The lowest BCUT2D eigenvalue weighted by atomic mass is 9.86. The molecule has 0 aliphatic heterocycles. The highest BCUT2D eigenvalue weighted by molar-refractivity contribution is 5.80. The van der Waals surface area contributed by atoms with Gasteiger partial charge in [-0.2, -0.15) is 0 Å². The molecule has 1 aliphatic rings. The number of nitrogens with zero attached hydrogens (tertiary/aromatic N) is 2. The van der Waals surface area contributed by atoms with Gasteiger partial charge in [0.15, 0.2) is 0 Å². The van der Waals surface area contributed by atoms with Crippen molar-refractivity contribution in [1.29, 1.82) is 0 Å². The molecule has 0 aromatic carbocycles. The molecule has 0 aromatic heterocycles. The molecule has 1 saturated carbocycles. The Kier molecular flexibility index (Phi) is 4.07. The van der Waals surface area contributed by atoms with Gasteiger partial charge in [0.25, 0.3) is 0 Å². The van der Waals surface area contributed by atoms with Crippen molar-refractivity contribution in [1.82, 2.24) is 4.90 Å². The van der Waals surface area contributed by atoms with E-state index in [9.17, 15) is 0 Å². The van der Waals surface area contributed by atoms with Crippen LogP contribution >= 0.6 is 0 Å². The monoisotopic (exact) mass is 241 g/mol. The summed E-state index contributed by atoms with van der Waals surface area (Å²) >= 11 is 0. The lowest BCUT2D eigenvalue weighted by molar-refractivity contribution is 0.118. The molecule has 1 aliphatic carbocycles. The summed E-state index contributed by atoms with van der Waals surface area (Å²) in [6.45, 7) is 10.1. The predicted molar refractivity (Wildman–Crippen MR) is 71.2 cm³/mol. The van der Waals surface area contributed by atoms with E-state index in [1.54, 1.807) is 0 Å². The summed E-state index contributed by atoms with van der Waals surface area (Å²) in [4.78, 5) is 2.40. The highest BCUT2D eigenvalue weighted by Crippen LogP contribution is 2.49. The molecule has 100 valence electrons. The van der Waals surface area contributed by atoms with Crippen molar-refractivity contribution in [3.05, 3.63) is 0 Å². The second-order valence-electron chi connectivity index (χ2n) is 6.73. The lowest BCUT2D eigenvalue weighted by Crippen LogP contribution is -2.42. The molecule has 0 aromatic rings. The van der Waals surface area contributed by atoms with E-state index in [-0.39, 0.29) is 10.8 Å². The zero-order valence-electron chi connectivity index (χ0n) is 11.8. The van der Waals surface area contributed by atoms with Gasteiger partial charge in [0.05, 0.1) is 0 Å². The molecule has 3 N–H and O–H groups in total. The van der Waals surface area contributed by atoms with Gasteiger partial charge in [-0.05, 0) is 37.6 Å². The molecule has 4 heteroatoms. The van der Waals surface area contributed by atoms with Crippen molar-refractivity contribution >= 4 is 5.84 Å². The van der Waals surface area contributed by atoms with Crippen molar-refractivity contribution in [2.24, 2.45) is 21.7 Å². The van der Waals surface area contributed by atoms with Crippen molar-refractivity contribution in [3.63, 3.8) is 0 Å². The van der Waals surface area contributed by atoms with E-state index in [1.165, 1.54) is 12.8 Å². The van der Waals surface area contributed by atoms with E-state index in [0.29, 0.717) is 18.3 Å². The molecule has 4 nitrogen and oxygen atoms in total. The minimum atomic E-state index is 0.255. The third kappa shape index (κ3) is 3.87. The van der Waals surface area contributed by atoms with Crippen LogP contribution < -0.4 is 5.73 Å². The Balaban J connectivity index is 2.54.